The number of tetrazole rings is 1. The molecule has 5 nitrogen and oxygen atoms in total. The van der Waals surface area contributed by atoms with E-state index < -0.39 is 0 Å². The van der Waals surface area contributed by atoms with Crippen molar-refractivity contribution in [3.63, 3.8) is 0 Å². The third-order valence-corrected chi connectivity index (χ3v) is 3.83. The van der Waals surface area contributed by atoms with Crippen molar-refractivity contribution in [1.29, 1.82) is 0 Å². The van der Waals surface area contributed by atoms with Crippen molar-refractivity contribution >= 4 is 17.3 Å². The minimum atomic E-state index is 0.561. The van der Waals surface area contributed by atoms with Crippen LogP contribution in [-0.4, -0.2) is 20.2 Å². The van der Waals surface area contributed by atoms with Gasteiger partial charge in [-0.2, -0.15) is 4.68 Å². The molecule has 0 spiro atoms. The van der Waals surface area contributed by atoms with E-state index in [-0.39, 0.29) is 0 Å². The van der Waals surface area contributed by atoms with Gasteiger partial charge >= 0.3 is 0 Å². The number of nitrogens with two attached hydrogens (primary N) is 1. The fourth-order valence-electron chi connectivity index (χ4n) is 2.20. The molecule has 1 aromatic heterocycles. The van der Waals surface area contributed by atoms with E-state index in [1.807, 2.05) is 19.1 Å². The van der Waals surface area contributed by atoms with Gasteiger partial charge in [0.25, 0.3) is 0 Å². The van der Waals surface area contributed by atoms with Crippen molar-refractivity contribution < 1.29 is 0 Å². The third kappa shape index (κ3) is 2.36. The number of nitrogen functional groups attached to an aromatic ring is 1. The monoisotopic (exact) mass is 299 g/mol. The molecule has 0 fully saturated rings. The summed E-state index contributed by atoms with van der Waals surface area (Å²) in [6.07, 6.45) is 0. The Kier molecular flexibility index (Phi) is 3.35. The van der Waals surface area contributed by atoms with Crippen LogP contribution in [0.15, 0.2) is 36.4 Å². The molecule has 3 rings (SSSR count). The van der Waals surface area contributed by atoms with Crippen molar-refractivity contribution in [2.75, 3.05) is 5.73 Å². The number of aryl methyl sites for hydroxylation is 1. The molecule has 3 aromatic rings. The zero-order valence-electron chi connectivity index (χ0n) is 11.7. The van der Waals surface area contributed by atoms with Gasteiger partial charge in [-0.1, -0.05) is 23.7 Å². The highest BCUT2D eigenvalue weighted by Crippen LogP contribution is 2.30. The molecule has 0 amide bonds. The largest absolute Gasteiger partial charge is 0.399 e. The van der Waals surface area contributed by atoms with Gasteiger partial charge in [-0.25, -0.2) is 0 Å². The second-order valence-corrected chi connectivity index (χ2v) is 5.28. The Labute approximate surface area is 127 Å². The molecule has 0 unspecified atom stereocenters. The van der Waals surface area contributed by atoms with Gasteiger partial charge in [-0.05, 0) is 59.7 Å². The van der Waals surface area contributed by atoms with Gasteiger partial charge in [-0.3, -0.25) is 0 Å². The molecule has 2 N–H and O–H groups in total. The molecule has 21 heavy (non-hydrogen) atoms. The standard InChI is InChI=1S/C15H14ClN5/c1-9-4-3-5-14(10(9)2)21-15(18-19-20-21)12-8-11(17)6-7-13(12)16/h3-8H,17H2,1-2H3. The Morgan fingerprint density at radius 3 is 2.76 bits per heavy atom. The predicted molar refractivity (Wildman–Crippen MR) is 83.5 cm³/mol. The van der Waals surface area contributed by atoms with Crippen molar-refractivity contribution in [1.82, 2.24) is 20.2 Å². The van der Waals surface area contributed by atoms with Crippen LogP contribution in [0.1, 0.15) is 11.1 Å². The first-order valence-electron chi connectivity index (χ1n) is 6.48. The highest BCUT2D eigenvalue weighted by atomic mass is 35.5. The number of rotatable bonds is 2. The van der Waals surface area contributed by atoms with Crippen LogP contribution in [0.25, 0.3) is 17.1 Å². The highest BCUT2D eigenvalue weighted by Gasteiger charge is 2.16. The summed E-state index contributed by atoms with van der Waals surface area (Å²) in [6, 6.07) is 11.3. The number of hydrogen-bond acceptors (Lipinski definition) is 4. The first-order chi connectivity index (χ1) is 10.1. The van der Waals surface area contributed by atoms with Crippen LogP contribution in [0.5, 0.6) is 0 Å². The van der Waals surface area contributed by atoms with Gasteiger partial charge < -0.3 is 5.73 Å². The minimum absolute atomic E-state index is 0.561. The summed E-state index contributed by atoms with van der Waals surface area (Å²) in [4.78, 5) is 0. The Morgan fingerprint density at radius 2 is 1.95 bits per heavy atom. The normalized spacial score (nSPS) is 10.8. The molecule has 106 valence electrons. The lowest BCUT2D eigenvalue weighted by Gasteiger charge is -2.11. The third-order valence-electron chi connectivity index (χ3n) is 3.51. The molecule has 0 radical (unpaired) electrons. The summed E-state index contributed by atoms with van der Waals surface area (Å²) >= 11 is 6.25. The van der Waals surface area contributed by atoms with E-state index in [0.29, 0.717) is 22.1 Å². The maximum Gasteiger partial charge on any atom is 0.188 e. The van der Waals surface area contributed by atoms with Gasteiger partial charge in [0.1, 0.15) is 0 Å². The lowest BCUT2D eigenvalue weighted by molar-refractivity contribution is 0.786. The first-order valence-corrected chi connectivity index (χ1v) is 6.86. The van der Waals surface area contributed by atoms with Crippen molar-refractivity contribution in [3.8, 4) is 17.1 Å². The lowest BCUT2D eigenvalue weighted by Crippen LogP contribution is -2.03. The van der Waals surface area contributed by atoms with E-state index in [4.69, 9.17) is 17.3 Å². The number of benzene rings is 2. The summed E-state index contributed by atoms with van der Waals surface area (Å²) in [7, 11) is 0. The quantitative estimate of drug-likeness (QED) is 0.738. The maximum atomic E-state index is 6.25. The van der Waals surface area contributed by atoms with E-state index in [1.54, 1.807) is 22.9 Å². The molecule has 6 heteroatoms. The van der Waals surface area contributed by atoms with Crippen LogP contribution in [0.4, 0.5) is 5.69 Å². The fourth-order valence-corrected chi connectivity index (χ4v) is 2.40. The molecule has 0 aliphatic carbocycles. The Balaban J connectivity index is 2.22. The minimum Gasteiger partial charge on any atom is -0.399 e. The number of nitrogens with zero attached hydrogens (tertiary/aromatic N) is 4. The molecule has 0 saturated carbocycles. The van der Waals surface area contributed by atoms with Gasteiger partial charge in [0, 0.05) is 11.3 Å². The fraction of sp³-hybridized carbons (Fsp3) is 0.133. The summed E-state index contributed by atoms with van der Waals surface area (Å²) in [5, 5.41) is 12.5. The number of aromatic nitrogens is 4. The molecule has 0 aliphatic heterocycles. The Hall–Kier alpha value is -2.40. The molecule has 2 aromatic carbocycles. The Bertz CT molecular complexity index is 793. The van der Waals surface area contributed by atoms with Crippen LogP contribution in [-0.2, 0) is 0 Å². The van der Waals surface area contributed by atoms with Gasteiger partial charge in [0.2, 0.25) is 0 Å². The zero-order valence-corrected chi connectivity index (χ0v) is 12.5. The van der Waals surface area contributed by atoms with Crippen molar-refractivity contribution in [3.05, 3.63) is 52.5 Å². The van der Waals surface area contributed by atoms with E-state index in [2.05, 4.69) is 28.5 Å². The second-order valence-electron chi connectivity index (χ2n) is 4.87. The molecule has 1 heterocycles. The van der Waals surface area contributed by atoms with Gasteiger partial charge in [0.05, 0.1) is 10.7 Å². The van der Waals surface area contributed by atoms with Crippen LogP contribution < -0.4 is 5.73 Å². The average molecular weight is 300 g/mol. The molecule has 0 aliphatic rings. The zero-order chi connectivity index (χ0) is 15.0. The van der Waals surface area contributed by atoms with Crippen LogP contribution >= 0.6 is 11.6 Å². The molecule has 0 saturated heterocycles. The van der Waals surface area contributed by atoms with E-state index >= 15 is 0 Å². The molecular formula is C15H14ClN5. The SMILES string of the molecule is Cc1cccc(-n2nnnc2-c2cc(N)ccc2Cl)c1C. The van der Waals surface area contributed by atoms with Crippen LogP contribution in [0.2, 0.25) is 5.02 Å². The Morgan fingerprint density at radius 1 is 1.14 bits per heavy atom. The second kappa shape index (κ2) is 5.18. The smallest absolute Gasteiger partial charge is 0.188 e. The van der Waals surface area contributed by atoms with Crippen molar-refractivity contribution in [2.45, 2.75) is 13.8 Å². The van der Waals surface area contributed by atoms with E-state index in [9.17, 15) is 0 Å². The topological polar surface area (TPSA) is 69.6 Å². The van der Waals surface area contributed by atoms with Crippen LogP contribution in [0.3, 0.4) is 0 Å². The number of hydrogen-bond donors (Lipinski definition) is 1. The van der Waals surface area contributed by atoms with Crippen molar-refractivity contribution in [2.24, 2.45) is 0 Å². The average Bonchev–Trinajstić information content (AvgIpc) is 2.93. The molecule has 0 atom stereocenters. The summed E-state index contributed by atoms with van der Waals surface area (Å²) < 4.78 is 1.68. The van der Waals surface area contributed by atoms with E-state index in [1.165, 1.54) is 5.56 Å². The first kappa shape index (κ1) is 13.6. The van der Waals surface area contributed by atoms with Crippen LogP contribution in [0, 0.1) is 13.8 Å². The summed E-state index contributed by atoms with van der Waals surface area (Å²) in [6.45, 7) is 4.09. The van der Waals surface area contributed by atoms with E-state index in [0.717, 1.165) is 11.3 Å². The molecule has 0 bridgehead atoms. The molecular weight excluding hydrogens is 286 g/mol. The highest BCUT2D eigenvalue weighted by molar-refractivity contribution is 6.33. The summed E-state index contributed by atoms with van der Waals surface area (Å²) in [5.74, 6) is 0.570. The van der Waals surface area contributed by atoms with Gasteiger partial charge in [-0.15, -0.1) is 5.10 Å². The number of anilines is 1. The summed E-state index contributed by atoms with van der Waals surface area (Å²) in [5.41, 5.74) is 10.4. The van der Waals surface area contributed by atoms with Gasteiger partial charge in [0.15, 0.2) is 5.82 Å². The number of halogens is 1. The predicted octanol–water partition coefficient (Wildman–Crippen LogP) is 3.18. The maximum absolute atomic E-state index is 6.25. The lowest BCUT2D eigenvalue weighted by atomic mass is 10.1.